The first-order valence-electron chi connectivity index (χ1n) is 5.29. The fourth-order valence-corrected chi connectivity index (χ4v) is 2.79. The first kappa shape index (κ1) is 11.5. The van der Waals surface area contributed by atoms with Crippen LogP contribution in [0.2, 0.25) is 0 Å². The molecule has 88 valence electrons. The maximum absolute atomic E-state index is 10.9. The predicted octanol–water partition coefficient (Wildman–Crippen LogP) is 1.84. The van der Waals surface area contributed by atoms with E-state index in [-0.39, 0.29) is 5.56 Å². The Morgan fingerprint density at radius 2 is 2.25 bits per heavy atom. The highest BCUT2D eigenvalue weighted by Crippen LogP contribution is 2.18. The van der Waals surface area contributed by atoms with Gasteiger partial charge in [-0.2, -0.15) is 11.8 Å². The zero-order chi connectivity index (χ0) is 11.5. The number of aromatic carboxylic acids is 1. The van der Waals surface area contributed by atoms with Crippen molar-refractivity contribution < 1.29 is 14.3 Å². The van der Waals surface area contributed by atoms with Crippen LogP contribution in [0.4, 0.5) is 0 Å². The first-order valence-corrected chi connectivity index (χ1v) is 6.45. The molecule has 1 saturated heterocycles. The standard InChI is InChI=1S/C11H15NO3S/c1-8-10(11(13)14)6-9(15-8)7-12-2-4-16-5-3-12/h6H,2-5,7H2,1H3,(H,13,14). The van der Waals surface area contributed by atoms with Gasteiger partial charge in [-0.15, -0.1) is 0 Å². The number of nitrogens with zero attached hydrogens (tertiary/aromatic N) is 1. The van der Waals surface area contributed by atoms with Crippen molar-refractivity contribution in [1.29, 1.82) is 0 Å². The second kappa shape index (κ2) is 4.93. The number of carboxylic acid groups (broad SMARTS) is 1. The van der Waals surface area contributed by atoms with Crippen molar-refractivity contribution in [3.63, 3.8) is 0 Å². The van der Waals surface area contributed by atoms with Gasteiger partial charge in [0.1, 0.15) is 17.1 Å². The van der Waals surface area contributed by atoms with E-state index < -0.39 is 5.97 Å². The second-order valence-corrected chi connectivity index (χ2v) is 5.10. The normalized spacial score (nSPS) is 17.6. The number of hydrogen-bond donors (Lipinski definition) is 1. The van der Waals surface area contributed by atoms with Gasteiger partial charge < -0.3 is 9.52 Å². The summed E-state index contributed by atoms with van der Waals surface area (Å²) in [6.07, 6.45) is 0. The largest absolute Gasteiger partial charge is 0.478 e. The number of hydrogen-bond acceptors (Lipinski definition) is 4. The third-order valence-corrected chi connectivity index (χ3v) is 3.62. The molecule has 0 aromatic carbocycles. The first-order chi connectivity index (χ1) is 7.66. The summed E-state index contributed by atoms with van der Waals surface area (Å²) >= 11 is 1.96. The minimum atomic E-state index is -0.915. The zero-order valence-corrected chi connectivity index (χ0v) is 10.0. The van der Waals surface area contributed by atoms with Crippen molar-refractivity contribution in [2.75, 3.05) is 24.6 Å². The van der Waals surface area contributed by atoms with Crippen molar-refractivity contribution in [2.45, 2.75) is 13.5 Å². The summed E-state index contributed by atoms with van der Waals surface area (Å²) < 4.78 is 5.45. The summed E-state index contributed by atoms with van der Waals surface area (Å²) in [5, 5.41) is 8.91. The van der Waals surface area contributed by atoms with Gasteiger partial charge in [0.2, 0.25) is 0 Å². The van der Waals surface area contributed by atoms with Gasteiger partial charge in [0.05, 0.1) is 6.54 Å². The Morgan fingerprint density at radius 3 is 2.81 bits per heavy atom. The topological polar surface area (TPSA) is 53.7 Å². The van der Waals surface area contributed by atoms with Crippen LogP contribution in [-0.4, -0.2) is 40.6 Å². The maximum atomic E-state index is 10.9. The number of rotatable bonds is 3. The van der Waals surface area contributed by atoms with E-state index in [0.29, 0.717) is 12.3 Å². The number of thioether (sulfide) groups is 1. The van der Waals surface area contributed by atoms with Gasteiger partial charge >= 0.3 is 5.97 Å². The van der Waals surface area contributed by atoms with Crippen LogP contribution in [0.15, 0.2) is 10.5 Å². The molecule has 1 aliphatic rings. The van der Waals surface area contributed by atoms with E-state index in [1.807, 2.05) is 11.8 Å². The molecule has 0 radical (unpaired) electrons. The summed E-state index contributed by atoms with van der Waals surface area (Å²) in [4.78, 5) is 13.1. The molecule has 1 fully saturated rings. The summed E-state index contributed by atoms with van der Waals surface area (Å²) in [6.45, 7) is 4.51. The molecule has 0 unspecified atom stereocenters. The van der Waals surface area contributed by atoms with E-state index in [0.717, 1.165) is 30.4 Å². The molecular weight excluding hydrogens is 226 g/mol. The molecule has 1 N–H and O–H groups in total. The van der Waals surface area contributed by atoms with Crippen LogP contribution in [0.5, 0.6) is 0 Å². The molecule has 0 atom stereocenters. The Balaban J connectivity index is 2.03. The lowest BCUT2D eigenvalue weighted by Crippen LogP contribution is -2.31. The van der Waals surface area contributed by atoms with Crippen LogP contribution < -0.4 is 0 Å². The van der Waals surface area contributed by atoms with E-state index in [2.05, 4.69) is 4.90 Å². The monoisotopic (exact) mass is 241 g/mol. The average molecular weight is 241 g/mol. The molecule has 1 aromatic rings. The average Bonchev–Trinajstić information content (AvgIpc) is 2.61. The molecule has 2 rings (SSSR count). The third kappa shape index (κ3) is 2.59. The van der Waals surface area contributed by atoms with E-state index >= 15 is 0 Å². The molecule has 0 bridgehead atoms. The molecule has 16 heavy (non-hydrogen) atoms. The third-order valence-electron chi connectivity index (χ3n) is 2.68. The molecule has 4 nitrogen and oxygen atoms in total. The van der Waals surface area contributed by atoms with Gasteiger partial charge in [0.15, 0.2) is 0 Å². The quantitative estimate of drug-likeness (QED) is 0.875. The van der Waals surface area contributed by atoms with Crippen molar-refractivity contribution >= 4 is 17.7 Å². The van der Waals surface area contributed by atoms with E-state index in [1.54, 1.807) is 13.0 Å². The van der Waals surface area contributed by atoms with Gasteiger partial charge in [-0.3, -0.25) is 4.90 Å². The second-order valence-electron chi connectivity index (χ2n) is 3.88. The molecule has 1 aliphatic heterocycles. The SMILES string of the molecule is Cc1oc(CN2CCSCC2)cc1C(=O)O. The highest BCUT2D eigenvalue weighted by Gasteiger charge is 2.17. The number of carbonyl (C=O) groups is 1. The van der Waals surface area contributed by atoms with E-state index in [9.17, 15) is 4.79 Å². The Bertz CT molecular complexity index is 383. The Morgan fingerprint density at radius 1 is 1.56 bits per heavy atom. The fraction of sp³-hybridized carbons (Fsp3) is 0.545. The predicted molar refractivity (Wildman–Crippen MR) is 63.0 cm³/mol. The summed E-state index contributed by atoms with van der Waals surface area (Å²) in [6, 6.07) is 1.64. The van der Waals surface area contributed by atoms with Crippen molar-refractivity contribution in [2.24, 2.45) is 0 Å². The molecule has 0 aliphatic carbocycles. The zero-order valence-electron chi connectivity index (χ0n) is 9.23. The van der Waals surface area contributed by atoms with Gasteiger partial charge in [-0.1, -0.05) is 0 Å². The van der Waals surface area contributed by atoms with Gasteiger partial charge in [-0.25, -0.2) is 4.79 Å². The van der Waals surface area contributed by atoms with Gasteiger partial charge in [0, 0.05) is 24.6 Å². The molecular formula is C11H15NO3S. The number of aryl methyl sites for hydroxylation is 1. The summed E-state index contributed by atoms with van der Waals surface area (Å²) in [5.74, 6) is 2.62. The smallest absolute Gasteiger partial charge is 0.339 e. The van der Waals surface area contributed by atoms with Crippen molar-refractivity contribution in [3.05, 3.63) is 23.2 Å². The lowest BCUT2D eigenvalue weighted by Gasteiger charge is -2.24. The number of carboxylic acids is 1. The van der Waals surface area contributed by atoms with Gasteiger partial charge in [0.25, 0.3) is 0 Å². The van der Waals surface area contributed by atoms with Crippen LogP contribution in [0.25, 0.3) is 0 Å². The van der Waals surface area contributed by atoms with Gasteiger partial charge in [-0.05, 0) is 13.0 Å². The molecule has 0 spiro atoms. The Hall–Kier alpha value is -0.940. The Kier molecular flexibility index (Phi) is 3.56. The van der Waals surface area contributed by atoms with Crippen LogP contribution in [0.3, 0.4) is 0 Å². The minimum absolute atomic E-state index is 0.279. The molecule has 2 heterocycles. The summed E-state index contributed by atoms with van der Waals surface area (Å²) in [5.41, 5.74) is 0.279. The van der Waals surface area contributed by atoms with Crippen LogP contribution in [-0.2, 0) is 6.54 Å². The fourth-order valence-electron chi connectivity index (χ4n) is 1.81. The Labute approximate surface area is 98.6 Å². The lowest BCUT2D eigenvalue weighted by atomic mass is 10.2. The molecule has 5 heteroatoms. The maximum Gasteiger partial charge on any atom is 0.339 e. The minimum Gasteiger partial charge on any atom is -0.478 e. The van der Waals surface area contributed by atoms with Crippen molar-refractivity contribution in [3.8, 4) is 0 Å². The molecule has 0 saturated carbocycles. The summed E-state index contributed by atoms with van der Waals surface area (Å²) in [7, 11) is 0. The van der Waals surface area contributed by atoms with Crippen LogP contribution in [0.1, 0.15) is 21.9 Å². The van der Waals surface area contributed by atoms with E-state index in [1.165, 1.54) is 0 Å². The van der Waals surface area contributed by atoms with E-state index in [4.69, 9.17) is 9.52 Å². The highest BCUT2D eigenvalue weighted by molar-refractivity contribution is 7.99. The van der Waals surface area contributed by atoms with Crippen molar-refractivity contribution in [1.82, 2.24) is 4.90 Å². The number of furan rings is 1. The molecule has 1 aromatic heterocycles. The van der Waals surface area contributed by atoms with Crippen LogP contribution in [0, 0.1) is 6.92 Å². The van der Waals surface area contributed by atoms with Crippen LogP contribution >= 0.6 is 11.8 Å². The lowest BCUT2D eigenvalue weighted by molar-refractivity contribution is 0.0695. The highest BCUT2D eigenvalue weighted by atomic mass is 32.2. The molecule has 0 amide bonds.